The summed E-state index contributed by atoms with van der Waals surface area (Å²) in [6, 6.07) is 15.5. The van der Waals surface area contributed by atoms with Crippen LogP contribution in [0.25, 0.3) is 22.2 Å². The van der Waals surface area contributed by atoms with Gasteiger partial charge >= 0.3 is 0 Å². The molecule has 3 aromatic rings. The van der Waals surface area contributed by atoms with Crippen LogP contribution in [0.1, 0.15) is 23.2 Å². The first-order chi connectivity index (χ1) is 13.1. The van der Waals surface area contributed by atoms with Gasteiger partial charge in [0.05, 0.1) is 22.9 Å². The maximum atomic E-state index is 13.3. The maximum absolute atomic E-state index is 13.3. The zero-order chi connectivity index (χ0) is 18.8. The van der Waals surface area contributed by atoms with E-state index < -0.39 is 0 Å². The van der Waals surface area contributed by atoms with Crippen molar-refractivity contribution in [2.75, 3.05) is 20.2 Å². The number of rotatable bonds is 4. The van der Waals surface area contributed by atoms with E-state index in [1.54, 1.807) is 30.1 Å². The van der Waals surface area contributed by atoms with Crippen molar-refractivity contribution in [2.24, 2.45) is 0 Å². The number of nitrogens with zero attached hydrogens (tertiary/aromatic N) is 2. The van der Waals surface area contributed by atoms with E-state index in [0.717, 1.165) is 35.9 Å². The van der Waals surface area contributed by atoms with E-state index in [1.807, 2.05) is 24.3 Å². The molecule has 0 aliphatic carbocycles. The molecule has 27 heavy (non-hydrogen) atoms. The Morgan fingerprint density at radius 3 is 2.74 bits per heavy atom. The molecule has 1 atom stereocenters. The molecule has 1 aliphatic heterocycles. The summed E-state index contributed by atoms with van der Waals surface area (Å²) in [6.45, 7) is 1.33. The number of benzene rings is 2. The Morgan fingerprint density at radius 1 is 1.22 bits per heavy atom. The number of hydrogen-bond donors (Lipinski definition) is 0. The van der Waals surface area contributed by atoms with Crippen molar-refractivity contribution >= 4 is 16.8 Å². The van der Waals surface area contributed by atoms with Crippen molar-refractivity contribution in [1.29, 1.82) is 0 Å². The van der Waals surface area contributed by atoms with E-state index in [0.29, 0.717) is 17.8 Å². The van der Waals surface area contributed by atoms with Gasteiger partial charge in [0, 0.05) is 31.1 Å². The molecule has 1 aliphatic rings. The van der Waals surface area contributed by atoms with Crippen molar-refractivity contribution in [1.82, 2.24) is 9.88 Å². The van der Waals surface area contributed by atoms with Crippen molar-refractivity contribution < 1.29 is 13.9 Å². The standard InChI is InChI=1S/C22H21FN2O2/c1-25(14-17-5-4-12-27-17)22(26)19-13-21(15-8-10-16(23)11-9-15)24-20-7-3-2-6-18(19)20/h2-3,6-11,13,17H,4-5,12,14H2,1H3. The lowest BCUT2D eigenvalue weighted by molar-refractivity contribution is 0.0588. The summed E-state index contributed by atoms with van der Waals surface area (Å²) in [4.78, 5) is 19.5. The summed E-state index contributed by atoms with van der Waals surface area (Å²) in [5.41, 5.74) is 2.77. The Morgan fingerprint density at radius 2 is 2.00 bits per heavy atom. The number of carbonyl (C=O) groups is 1. The molecule has 5 heteroatoms. The predicted octanol–water partition coefficient (Wildman–Crippen LogP) is 4.29. The molecule has 4 rings (SSSR count). The second-order valence-corrected chi connectivity index (χ2v) is 6.90. The third kappa shape index (κ3) is 3.69. The topological polar surface area (TPSA) is 42.4 Å². The van der Waals surface area contributed by atoms with E-state index >= 15 is 0 Å². The van der Waals surface area contributed by atoms with Crippen molar-refractivity contribution in [3.8, 4) is 11.3 Å². The summed E-state index contributed by atoms with van der Waals surface area (Å²) in [6.07, 6.45) is 2.12. The predicted molar refractivity (Wildman–Crippen MR) is 103 cm³/mol. The van der Waals surface area contributed by atoms with Crippen molar-refractivity contribution in [3.05, 3.63) is 66.0 Å². The van der Waals surface area contributed by atoms with E-state index in [-0.39, 0.29) is 17.8 Å². The van der Waals surface area contributed by atoms with Crippen LogP contribution in [0.4, 0.5) is 4.39 Å². The fourth-order valence-electron chi connectivity index (χ4n) is 3.50. The van der Waals surface area contributed by atoms with Crippen LogP contribution in [0.15, 0.2) is 54.6 Å². The van der Waals surface area contributed by atoms with E-state index in [2.05, 4.69) is 4.98 Å². The number of hydrogen-bond acceptors (Lipinski definition) is 3. The summed E-state index contributed by atoms with van der Waals surface area (Å²) < 4.78 is 18.9. The second-order valence-electron chi connectivity index (χ2n) is 6.90. The van der Waals surface area contributed by atoms with Crippen LogP contribution in [-0.2, 0) is 4.74 Å². The van der Waals surface area contributed by atoms with Gasteiger partial charge in [0.1, 0.15) is 5.82 Å². The molecule has 1 unspecified atom stereocenters. The molecule has 0 spiro atoms. The van der Waals surface area contributed by atoms with Crippen LogP contribution in [0.5, 0.6) is 0 Å². The molecule has 1 amide bonds. The van der Waals surface area contributed by atoms with Crippen LogP contribution >= 0.6 is 0 Å². The molecule has 4 nitrogen and oxygen atoms in total. The molecule has 2 heterocycles. The normalized spacial score (nSPS) is 16.6. The third-order valence-electron chi connectivity index (χ3n) is 4.93. The lowest BCUT2D eigenvalue weighted by Crippen LogP contribution is -2.34. The van der Waals surface area contributed by atoms with Gasteiger partial charge in [-0.3, -0.25) is 4.79 Å². The summed E-state index contributed by atoms with van der Waals surface area (Å²) in [5, 5.41) is 0.813. The molecule has 0 bridgehead atoms. The fourth-order valence-corrected chi connectivity index (χ4v) is 3.50. The smallest absolute Gasteiger partial charge is 0.254 e. The van der Waals surface area contributed by atoms with E-state index in [9.17, 15) is 9.18 Å². The average molecular weight is 364 g/mol. The first-order valence-corrected chi connectivity index (χ1v) is 9.14. The maximum Gasteiger partial charge on any atom is 0.254 e. The monoisotopic (exact) mass is 364 g/mol. The Kier molecular flexibility index (Phi) is 4.86. The largest absolute Gasteiger partial charge is 0.376 e. The molecule has 1 saturated heterocycles. The Hall–Kier alpha value is -2.79. The number of amides is 1. The SMILES string of the molecule is CN(CC1CCCO1)C(=O)c1cc(-c2ccc(F)cc2)nc2ccccc12. The highest BCUT2D eigenvalue weighted by molar-refractivity contribution is 6.07. The molecule has 0 N–H and O–H groups in total. The number of aromatic nitrogens is 1. The van der Waals surface area contributed by atoms with E-state index in [4.69, 9.17) is 4.74 Å². The van der Waals surface area contributed by atoms with E-state index in [1.165, 1.54) is 12.1 Å². The van der Waals surface area contributed by atoms with Crippen LogP contribution in [0.2, 0.25) is 0 Å². The minimum absolute atomic E-state index is 0.0625. The lowest BCUT2D eigenvalue weighted by Gasteiger charge is -2.22. The molecule has 1 aromatic heterocycles. The number of halogens is 1. The van der Waals surface area contributed by atoms with Gasteiger partial charge in [-0.1, -0.05) is 18.2 Å². The first-order valence-electron chi connectivity index (χ1n) is 9.14. The number of likely N-dealkylation sites (N-methyl/N-ethyl adjacent to an activating group) is 1. The molecular formula is C22H21FN2O2. The summed E-state index contributed by atoms with van der Waals surface area (Å²) in [5.74, 6) is -0.361. The van der Waals surface area contributed by atoms with Gasteiger partial charge < -0.3 is 9.64 Å². The number of carbonyl (C=O) groups excluding carboxylic acids is 1. The molecule has 2 aromatic carbocycles. The number of para-hydroxylation sites is 1. The number of pyridine rings is 1. The quantitative estimate of drug-likeness (QED) is 0.693. The van der Waals surface area contributed by atoms with Gasteiger partial charge in [-0.15, -0.1) is 0 Å². The molecule has 0 radical (unpaired) electrons. The Labute approximate surface area is 157 Å². The second kappa shape index (κ2) is 7.45. The van der Waals surface area contributed by atoms with Gasteiger partial charge in [0.15, 0.2) is 0 Å². The van der Waals surface area contributed by atoms with Gasteiger partial charge in [-0.05, 0) is 49.2 Å². The summed E-state index contributed by atoms with van der Waals surface area (Å²) >= 11 is 0. The van der Waals surface area contributed by atoms with Crippen LogP contribution < -0.4 is 0 Å². The highest BCUT2D eigenvalue weighted by atomic mass is 19.1. The molecule has 1 fully saturated rings. The Balaban J connectivity index is 1.73. The third-order valence-corrected chi connectivity index (χ3v) is 4.93. The van der Waals surface area contributed by atoms with Gasteiger partial charge in [0.25, 0.3) is 5.91 Å². The fraction of sp³-hybridized carbons (Fsp3) is 0.273. The molecular weight excluding hydrogens is 343 g/mol. The zero-order valence-electron chi connectivity index (χ0n) is 15.2. The van der Waals surface area contributed by atoms with Crippen LogP contribution in [0.3, 0.4) is 0 Å². The minimum atomic E-state index is -0.299. The zero-order valence-corrected chi connectivity index (χ0v) is 15.2. The van der Waals surface area contributed by atoms with Crippen LogP contribution in [-0.4, -0.2) is 42.1 Å². The number of fused-ring (bicyclic) bond motifs is 1. The van der Waals surface area contributed by atoms with Crippen molar-refractivity contribution in [3.63, 3.8) is 0 Å². The summed E-state index contributed by atoms with van der Waals surface area (Å²) in [7, 11) is 1.80. The molecule has 138 valence electrons. The highest BCUT2D eigenvalue weighted by Gasteiger charge is 2.22. The van der Waals surface area contributed by atoms with Crippen LogP contribution in [0, 0.1) is 5.82 Å². The minimum Gasteiger partial charge on any atom is -0.376 e. The highest BCUT2D eigenvalue weighted by Crippen LogP contribution is 2.26. The van der Waals surface area contributed by atoms with Gasteiger partial charge in [0.2, 0.25) is 0 Å². The molecule has 0 saturated carbocycles. The van der Waals surface area contributed by atoms with Gasteiger partial charge in [-0.2, -0.15) is 0 Å². The lowest BCUT2D eigenvalue weighted by atomic mass is 10.0. The first kappa shape index (κ1) is 17.6. The van der Waals surface area contributed by atoms with Crippen molar-refractivity contribution in [2.45, 2.75) is 18.9 Å². The number of ether oxygens (including phenoxy) is 1. The Bertz CT molecular complexity index is 966. The average Bonchev–Trinajstić information content (AvgIpc) is 3.20. The van der Waals surface area contributed by atoms with Gasteiger partial charge in [-0.25, -0.2) is 9.37 Å².